The minimum Gasteiger partial charge on any atom is -0.289 e. The van der Waals surface area contributed by atoms with Gasteiger partial charge in [-0.05, 0) is 53.1 Å². The smallest absolute Gasteiger partial charge is 0.0421 e. The molecule has 1 aromatic carbocycles. The lowest BCUT2D eigenvalue weighted by atomic mass is 10.1. The van der Waals surface area contributed by atoms with E-state index in [4.69, 9.17) is 0 Å². The molecule has 1 aliphatic heterocycles. The predicted molar refractivity (Wildman–Crippen MR) is 59.8 cm³/mol. The molecule has 1 aromatic rings. The van der Waals surface area contributed by atoms with Crippen molar-refractivity contribution in [3.63, 3.8) is 0 Å². The van der Waals surface area contributed by atoms with Crippen LogP contribution in [0.25, 0.3) is 0 Å². The maximum atomic E-state index is 4.46. The summed E-state index contributed by atoms with van der Waals surface area (Å²) in [6.45, 7) is 1.01. The third-order valence-corrected chi connectivity index (χ3v) is 2.70. The Morgan fingerprint density at radius 3 is 2.92 bits per heavy atom. The molecular weight excluding hydrogens is 261 g/mol. The Labute approximate surface area is 86.0 Å². The Hall–Kier alpha value is -0.380. The first-order valence-electron chi connectivity index (χ1n) is 4.15. The molecule has 12 heavy (non-hydrogen) atoms. The van der Waals surface area contributed by atoms with E-state index in [0.29, 0.717) is 0 Å². The Balaban J connectivity index is 2.33. The van der Waals surface area contributed by atoms with E-state index < -0.39 is 0 Å². The third-order valence-electron chi connectivity index (χ3n) is 2.03. The molecule has 0 fully saturated rings. The minimum atomic E-state index is 1.01. The first kappa shape index (κ1) is 8.23. The van der Waals surface area contributed by atoms with Crippen molar-refractivity contribution in [2.45, 2.75) is 12.8 Å². The summed E-state index contributed by atoms with van der Waals surface area (Å²) >= 11 is 2.34. The van der Waals surface area contributed by atoms with Crippen molar-refractivity contribution in [3.05, 3.63) is 33.4 Å². The van der Waals surface area contributed by atoms with Gasteiger partial charge in [-0.15, -0.1) is 0 Å². The van der Waals surface area contributed by atoms with Gasteiger partial charge in [-0.2, -0.15) is 0 Å². The van der Waals surface area contributed by atoms with Gasteiger partial charge in [0, 0.05) is 15.8 Å². The second kappa shape index (κ2) is 3.56. The lowest BCUT2D eigenvalue weighted by Gasteiger charge is -1.99. The summed E-state index contributed by atoms with van der Waals surface area (Å²) in [5, 5.41) is 0. The molecular formula is C10H10IN. The molecule has 0 amide bonds. The van der Waals surface area contributed by atoms with Crippen LogP contribution in [-0.4, -0.2) is 12.3 Å². The van der Waals surface area contributed by atoms with E-state index in [9.17, 15) is 0 Å². The van der Waals surface area contributed by atoms with Crippen molar-refractivity contribution in [3.8, 4) is 0 Å². The van der Waals surface area contributed by atoms with Crippen LogP contribution in [0.4, 0.5) is 0 Å². The number of nitrogens with zero attached hydrogens (tertiary/aromatic N) is 1. The zero-order chi connectivity index (χ0) is 8.39. The fraction of sp³-hybridized carbons (Fsp3) is 0.300. The molecule has 62 valence electrons. The second-order valence-electron chi connectivity index (χ2n) is 2.94. The molecule has 1 nitrogen and oxygen atoms in total. The van der Waals surface area contributed by atoms with E-state index in [2.05, 4.69) is 51.8 Å². The van der Waals surface area contributed by atoms with E-state index in [1.165, 1.54) is 21.3 Å². The Morgan fingerprint density at radius 1 is 1.33 bits per heavy atom. The first-order valence-corrected chi connectivity index (χ1v) is 5.23. The fourth-order valence-corrected chi connectivity index (χ4v) is 1.99. The quantitative estimate of drug-likeness (QED) is 0.696. The van der Waals surface area contributed by atoms with Gasteiger partial charge < -0.3 is 0 Å². The van der Waals surface area contributed by atoms with Gasteiger partial charge in [-0.1, -0.05) is 12.1 Å². The van der Waals surface area contributed by atoms with Crippen LogP contribution in [0.2, 0.25) is 0 Å². The second-order valence-corrected chi connectivity index (χ2v) is 4.19. The molecule has 0 saturated carbocycles. The normalized spacial score (nSPS) is 16.2. The molecule has 1 aliphatic rings. The van der Waals surface area contributed by atoms with Crippen molar-refractivity contribution in [2.75, 3.05) is 6.54 Å². The molecule has 0 unspecified atom stereocenters. The minimum absolute atomic E-state index is 1.01. The van der Waals surface area contributed by atoms with Gasteiger partial charge in [0.1, 0.15) is 0 Å². The standard InChI is InChI=1S/C10H10IN/c11-9-4-1-3-8(7-9)10-5-2-6-12-10/h1,3-4,7H,2,5-6H2. The average molecular weight is 271 g/mol. The highest BCUT2D eigenvalue weighted by atomic mass is 127. The van der Waals surface area contributed by atoms with Crippen molar-refractivity contribution in [1.82, 2.24) is 0 Å². The topological polar surface area (TPSA) is 12.4 Å². The van der Waals surface area contributed by atoms with Gasteiger partial charge in [0.25, 0.3) is 0 Å². The molecule has 0 spiro atoms. The average Bonchev–Trinajstić information content (AvgIpc) is 2.56. The highest BCUT2D eigenvalue weighted by Crippen LogP contribution is 2.15. The van der Waals surface area contributed by atoms with E-state index >= 15 is 0 Å². The number of rotatable bonds is 1. The van der Waals surface area contributed by atoms with Gasteiger partial charge >= 0.3 is 0 Å². The number of hydrogen-bond donors (Lipinski definition) is 0. The maximum absolute atomic E-state index is 4.46. The van der Waals surface area contributed by atoms with Gasteiger partial charge in [-0.3, -0.25) is 4.99 Å². The lowest BCUT2D eigenvalue weighted by molar-refractivity contribution is 0.951. The molecule has 0 bridgehead atoms. The lowest BCUT2D eigenvalue weighted by Crippen LogP contribution is -1.95. The number of hydrogen-bond acceptors (Lipinski definition) is 1. The van der Waals surface area contributed by atoms with E-state index in [0.717, 1.165) is 13.0 Å². The van der Waals surface area contributed by atoms with Crippen molar-refractivity contribution >= 4 is 28.3 Å². The van der Waals surface area contributed by atoms with Crippen LogP contribution in [0, 0.1) is 3.57 Å². The molecule has 2 heteroatoms. The van der Waals surface area contributed by atoms with Crippen molar-refractivity contribution in [2.24, 2.45) is 4.99 Å². The van der Waals surface area contributed by atoms with Crippen LogP contribution in [0.3, 0.4) is 0 Å². The zero-order valence-electron chi connectivity index (χ0n) is 6.76. The summed E-state index contributed by atoms with van der Waals surface area (Å²) in [6, 6.07) is 8.55. The fourth-order valence-electron chi connectivity index (χ4n) is 1.44. The molecule has 0 radical (unpaired) electrons. The highest BCUT2D eigenvalue weighted by molar-refractivity contribution is 14.1. The molecule has 1 heterocycles. The summed E-state index contributed by atoms with van der Waals surface area (Å²) < 4.78 is 1.29. The Morgan fingerprint density at radius 2 is 2.25 bits per heavy atom. The first-order chi connectivity index (χ1) is 5.86. The van der Waals surface area contributed by atoms with Crippen molar-refractivity contribution in [1.29, 1.82) is 0 Å². The molecule has 0 atom stereocenters. The van der Waals surface area contributed by atoms with Crippen molar-refractivity contribution < 1.29 is 0 Å². The van der Waals surface area contributed by atoms with Gasteiger partial charge in [0.05, 0.1) is 0 Å². The summed E-state index contributed by atoms with van der Waals surface area (Å²) in [5.41, 5.74) is 2.59. The Bertz CT molecular complexity index is 317. The maximum Gasteiger partial charge on any atom is 0.0421 e. The van der Waals surface area contributed by atoms with E-state index in [-0.39, 0.29) is 0 Å². The number of halogens is 1. The molecule has 2 rings (SSSR count). The number of benzene rings is 1. The molecule has 0 aromatic heterocycles. The molecule has 0 aliphatic carbocycles. The molecule has 0 saturated heterocycles. The summed E-state index contributed by atoms with van der Waals surface area (Å²) in [6.07, 6.45) is 2.38. The highest BCUT2D eigenvalue weighted by Gasteiger charge is 2.07. The van der Waals surface area contributed by atoms with Crippen LogP contribution in [-0.2, 0) is 0 Å². The molecule has 0 N–H and O–H groups in total. The van der Waals surface area contributed by atoms with E-state index in [1.807, 2.05) is 0 Å². The predicted octanol–water partition coefficient (Wildman–Crippen LogP) is 2.87. The third kappa shape index (κ3) is 1.68. The zero-order valence-corrected chi connectivity index (χ0v) is 8.91. The van der Waals surface area contributed by atoms with Gasteiger partial charge in [0.2, 0.25) is 0 Å². The summed E-state index contributed by atoms with van der Waals surface area (Å²) in [7, 11) is 0. The SMILES string of the molecule is Ic1cccc(C2=NCCC2)c1. The largest absolute Gasteiger partial charge is 0.289 e. The summed E-state index contributed by atoms with van der Waals surface area (Å²) in [5.74, 6) is 0. The van der Waals surface area contributed by atoms with Crippen LogP contribution >= 0.6 is 22.6 Å². The van der Waals surface area contributed by atoms with Crippen LogP contribution in [0.5, 0.6) is 0 Å². The van der Waals surface area contributed by atoms with Gasteiger partial charge in [0.15, 0.2) is 0 Å². The monoisotopic (exact) mass is 271 g/mol. The van der Waals surface area contributed by atoms with Crippen LogP contribution in [0.15, 0.2) is 29.3 Å². The van der Waals surface area contributed by atoms with E-state index in [1.54, 1.807) is 0 Å². The van der Waals surface area contributed by atoms with Crippen LogP contribution < -0.4 is 0 Å². The van der Waals surface area contributed by atoms with Crippen LogP contribution in [0.1, 0.15) is 18.4 Å². The number of aliphatic imine (C=N–C) groups is 1. The Kier molecular flexibility index (Phi) is 2.44. The van der Waals surface area contributed by atoms with Gasteiger partial charge in [-0.25, -0.2) is 0 Å². The summed E-state index contributed by atoms with van der Waals surface area (Å²) in [4.78, 5) is 4.46.